The van der Waals surface area contributed by atoms with E-state index in [1.54, 1.807) is 4.90 Å². The van der Waals surface area contributed by atoms with Gasteiger partial charge in [-0.25, -0.2) is 4.79 Å². The van der Waals surface area contributed by atoms with E-state index in [0.717, 1.165) is 12.8 Å². The molecule has 5 heteroatoms. The van der Waals surface area contributed by atoms with Crippen molar-refractivity contribution in [3.8, 4) is 0 Å². The number of rotatable bonds is 1. The summed E-state index contributed by atoms with van der Waals surface area (Å²) in [6.07, 6.45) is 2.12. The average Bonchev–Trinajstić information content (AvgIpc) is 2.27. The van der Waals surface area contributed by atoms with Crippen molar-refractivity contribution in [1.82, 2.24) is 4.90 Å². The first-order valence-electron chi connectivity index (χ1n) is 6.50. The Morgan fingerprint density at radius 3 is 2.44 bits per heavy atom. The van der Waals surface area contributed by atoms with E-state index >= 15 is 0 Å². The second kappa shape index (κ2) is 4.44. The molecule has 0 unspecified atom stereocenters. The van der Waals surface area contributed by atoms with Crippen molar-refractivity contribution in [2.75, 3.05) is 6.54 Å². The van der Waals surface area contributed by atoms with Crippen LogP contribution in [0.5, 0.6) is 0 Å². The third-order valence-electron chi connectivity index (χ3n) is 3.72. The smallest absolute Gasteiger partial charge is 0.410 e. The highest BCUT2D eigenvalue weighted by Gasteiger charge is 2.46. The molecule has 2 saturated heterocycles. The summed E-state index contributed by atoms with van der Waals surface area (Å²) in [5.41, 5.74) is -0.535. The van der Waals surface area contributed by atoms with Crippen LogP contribution in [0.15, 0.2) is 0 Å². The van der Waals surface area contributed by atoms with Crippen molar-refractivity contribution in [2.24, 2.45) is 11.8 Å². The van der Waals surface area contributed by atoms with Gasteiger partial charge in [-0.15, -0.1) is 0 Å². The lowest BCUT2D eigenvalue weighted by molar-refractivity contribution is -0.149. The molecule has 2 aliphatic heterocycles. The Hall–Kier alpha value is -1.26. The fraction of sp³-hybridized carbons (Fsp3) is 0.846. The van der Waals surface area contributed by atoms with Gasteiger partial charge in [0.05, 0.1) is 5.92 Å². The lowest BCUT2D eigenvalue weighted by Crippen LogP contribution is -2.57. The van der Waals surface area contributed by atoms with E-state index in [2.05, 4.69) is 0 Å². The molecule has 3 fully saturated rings. The van der Waals surface area contributed by atoms with Crippen LogP contribution in [-0.4, -0.2) is 40.3 Å². The number of piperidine rings is 2. The number of hydrogen-bond acceptors (Lipinski definition) is 3. The zero-order valence-electron chi connectivity index (χ0n) is 11.2. The molecule has 0 spiro atoms. The molecule has 2 heterocycles. The van der Waals surface area contributed by atoms with Crippen LogP contribution >= 0.6 is 0 Å². The van der Waals surface area contributed by atoms with Crippen LogP contribution in [0.1, 0.15) is 40.0 Å². The van der Waals surface area contributed by atoms with Gasteiger partial charge in [-0.1, -0.05) is 0 Å². The van der Waals surface area contributed by atoms with Gasteiger partial charge in [0, 0.05) is 12.6 Å². The topological polar surface area (TPSA) is 66.8 Å². The summed E-state index contributed by atoms with van der Waals surface area (Å²) in [5.74, 6) is -0.911. The average molecular weight is 255 g/mol. The number of aliphatic carboxylic acids is 1. The van der Waals surface area contributed by atoms with E-state index < -0.39 is 17.5 Å². The Kier molecular flexibility index (Phi) is 3.25. The highest BCUT2D eigenvalue weighted by atomic mass is 16.6. The zero-order valence-corrected chi connectivity index (χ0v) is 11.2. The van der Waals surface area contributed by atoms with Crippen LogP contribution in [0.25, 0.3) is 0 Å². The Labute approximate surface area is 107 Å². The first-order chi connectivity index (χ1) is 8.28. The third kappa shape index (κ3) is 2.60. The number of ether oxygens (including phenoxy) is 1. The summed E-state index contributed by atoms with van der Waals surface area (Å²) in [4.78, 5) is 24.9. The SMILES string of the molecule is CC(C)(C)OC(=O)N1C[C@H]2CC[C@@H]1[C@@H](C(=O)O)C2. The standard InChI is InChI=1S/C13H21NO4/c1-13(2,3)18-12(17)14-7-8-4-5-10(14)9(6-8)11(15)16/h8-10H,4-7H2,1-3H3,(H,15,16)/t8-,9-,10+/m0/s1. The van der Waals surface area contributed by atoms with E-state index in [0.29, 0.717) is 18.9 Å². The quantitative estimate of drug-likeness (QED) is 0.779. The molecule has 1 saturated carbocycles. The third-order valence-corrected chi connectivity index (χ3v) is 3.72. The van der Waals surface area contributed by atoms with Crippen molar-refractivity contribution in [2.45, 2.75) is 51.7 Å². The molecule has 3 atom stereocenters. The number of amides is 1. The van der Waals surface area contributed by atoms with Gasteiger partial charge in [0.2, 0.25) is 0 Å². The second-order valence-corrected chi connectivity index (χ2v) is 6.32. The molecule has 0 aromatic heterocycles. The molecule has 1 aliphatic carbocycles. The van der Waals surface area contributed by atoms with Gasteiger partial charge >= 0.3 is 12.1 Å². The molecule has 18 heavy (non-hydrogen) atoms. The molecule has 2 bridgehead atoms. The Balaban J connectivity index is 2.10. The van der Waals surface area contributed by atoms with Gasteiger partial charge < -0.3 is 14.7 Å². The minimum absolute atomic E-state index is 0.192. The number of carbonyl (C=O) groups excluding carboxylic acids is 1. The fourth-order valence-electron chi connectivity index (χ4n) is 2.99. The lowest BCUT2D eigenvalue weighted by atomic mass is 9.73. The van der Waals surface area contributed by atoms with E-state index in [4.69, 9.17) is 4.74 Å². The van der Waals surface area contributed by atoms with Gasteiger partial charge in [-0.2, -0.15) is 0 Å². The van der Waals surface area contributed by atoms with Gasteiger partial charge in [-0.05, 0) is 46.0 Å². The Morgan fingerprint density at radius 2 is 1.94 bits per heavy atom. The fourth-order valence-corrected chi connectivity index (χ4v) is 2.99. The van der Waals surface area contributed by atoms with Gasteiger partial charge in [0.25, 0.3) is 0 Å². The number of hydrogen-bond donors (Lipinski definition) is 1. The molecule has 3 aliphatic rings. The number of carboxylic acids is 1. The summed E-state index contributed by atoms with van der Waals surface area (Å²) < 4.78 is 5.35. The molecule has 1 amide bonds. The predicted octanol–water partition coefficient (Wildman–Crippen LogP) is 2.11. The van der Waals surface area contributed by atoms with Crippen LogP contribution in [0.2, 0.25) is 0 Å². The number of nitrogens with zero attached hydrogens (tertiary/aromatic N) is 1. The van der Waals surface area contributed by atoms with Crippen LogP contribution in [0.4, 0.5) is 4.79 Å². The molecule has 0 radical (unpaired) electrons. The minimum Gasteiger partial charge on any atom is -0.481 e. The van der Waals surface area contributed by atoms with Gasteiger partial charge in [-0.3, -0.25) is 4.79 Å². The maximum Gasteiger partial charge on any atom is 0.410 e. The second-order valence-electron chi connectivity index (χ2n) is 6.32. The van der Waals surface area contributed by atoms with Crippen molar-refractivity contribution in [3.05, 3.63) is 0 Å². The summed E-state index contributed by atoms with van der Waals surface area (Å²) in [6.45, 7) is 6.11. The van der Waals surface area contributed by atoms with Crippen LogP contribution in [0.3, 0.4) is 0 Å². The molecule has 1 N–H and O–H groups in total. The van der Waals surface area contributed by atoms with Gasteiger partial charge in [0.15, 0.2) is 0 Å². The first-order valence-corrected chi connectivity index (χ1v) is 6.50. The van der Waals surface area contributed by atoms with Gasteiger partial charge in [0.1, 0.15) is 5.60 Å². The van der Waals surface area contributed by atoms with Crippen LogP contribution < -0.4 is 0 Å². The Morgan fingerprint density at radius 1 is 1.28 bits per heavy atom. The van der Waals surface area contributed by atoms with Crippen molar-refractivity contribution >= 4 is 12.1 Å². The van der Waals surface area contributed by atoms with Crippen LogP contribution in [0, 0.1) is 11.8 Å². The van der Waals surface area contributed by atoms with E-state index in [1.165, 1.54) is 0 Å². The van der Waals surface area contributed by atoms with Crippen LogP contribution in [-0.2, 0) is 9.53 Å². The lowest BCUT2D eigenvalue weighted by Gasteiger charge is -2.48. The normalized spacial score (nSPS) is 31.3. The predicted molar refractivity (Wildman–Crippen MR) is 65.2 cm³/mol. The van der Waals surface area contributed by atoms with E-state index in [9.17, 15) is 14.7 Å². The summed E-state index contributed by atoms with van der Waals surface area (Å²) >= 11 is 0. The summed E-state index contributed by atoms with van der Waals surface area (Å²) in [6, 6.07) is -0.192. The van der Waals surface area contributed by atoms with Crippen molar-refractivity contribution in [3.63, 3.8) is 0 Å². The summed E-state index contributed by atoms with van der Waals surface area (Å²) in [7, 11) is 0. The molecule has 102 valence electrons. The maximum atomic E-state index is 12.1. The molecule has 0 aromatic rings. The molecular formula is C13H21NO4. The maximum absolute atomic E-state index is 12.1. The molecule has 3 rings (SSSR count). The van der Waals surface area contributed by atoms with Crippen molar-refractivity contribution in [1.29, 1.82) is 0 Å². The number of fused-ring (bicyclic) bond motifs is 3. The number of carbonyl (C=O) groups is 2. The minimum atomic E-state index is -0.794. The molecule has 0 aromatic carbocycles. The highest BCUT2D eigenvalue weighted by Crippen LogP contribution is 2.39. The molecular weight excluding hydrogens is 234 g/mol. The zero-order chi connectivity index (χ0) is 13.5. The number of carboxylic acid groups (broad SMARTS) is 1. The molecule has 5 nitrogen and oxygen atoms in total. The van der Waals surface area contributed by atoms with E-state index in [1.807, 2.05) is 20.8 Å². The highest BCUT2D eigenvalue weighted by molar-refractivity contribution is 5.74. The van der Waals surface area contributed by atoms with Crippen molar-refractivity contribution < 1.29 is 19.4 Å². The Bertz CT molecular complexity index is 360. The largest absolute Gasteiger partial charge is 0.481 e. The van der Waals surface area contributed by atoms with E-state index in [-0.39, 0.29) is 12.1 Å². The first kappa shape index (κ1) is 13.2. The summed E-state index contributed by atoms with van der Waals surface area (Å²) in [5, 5.41) is 9.21. The monoisotopic (exact) mass is 255 g/mol.